The highest BCUT2D eigenvalue weighted by molar-refractivity contribution is 5.92. The number of hydrogen-bond donors (Lipinski definition) is 0. The van der Waals surface area contributed by atoms with Crippen LogP contribution in [0.15, 0.2) is 36.5 Å². The van der Waals surface area contributed by atoms with E-state index in [1.54, 1.807) is 10.9 Å². The molecule has 0 radical (unpaired) electrons. The number of rotatable bonds is 6. The molecule has 6 heteroatoms. The molecule has 0 aliphatic carbocycles. The van der Waals surface area contributed by atoms with E-state index in [2.05, 4.69) is 34.3 Å². The summed E-state index contributed by atoms with van der Waals surface area (Å²) < 4.78 is 7.21. The lowest BCUT2D eigenvalue weighted by Crippen LogP contribution is -2.39. The number of carbonyl (C=O) groups is 1. The maximum absolute atomic E-state index is 12.8. The first-order valence-electron chi connectivity index (χ1n) is 10.9. The van der Waals surface area contributed by atoms with Gasteiger partial charge in [0.05, 0.1) is 13.2 Å². The van der Waals surface area contributed by atoms with E-state index in [0.717, 1.165) is 71.7 Å². The van der Waals surface area contributed by atoms with Crippen molar-refractivity contribution >= 4 is 5.91 Å². The summed E-state index contributed by atoms with van der Waals surface area (Å²) in [5.74, 6) is 0.774. The Balaban J connectivity index is 1.25. The van der Waals surface area contributed by atoms with Gasteiger partial charge < -0.3 is 9.64 Å². The van der Waals surface area contributed by atoms with Crippen LogP contribution in [0.4, 0.5) is 0 Å². The molecule has 2 saturated heterocycles. The third-order valence-corrected chi connectivity index (χ3v) is 6.19. The van der Waals surface area contributed by atoms with Gasteiger partial charge in [-0.1, -0.05) is 24.3 Å². The predicted molar refractivity (Wildman–Crippen MR) is 113 cm³/mol. The summed E-state index contributed by atoms with van der Waals surface area (Å²) in [6.45, 7) is 9.18. The second kappa shape index (κ2) is 9.55. The first kappa shape index (κ1) is 20.1. The van der Waals surface area contributed by atoms with E-state index >= 15 is 0 Å². The summed E-state index contributed by atoms with van der Waals surface area (Å²) in [5.41, 5.74) is 3.50. The first-order valence-corrected chi connectivity index (χ1v) is 10.9. The summed E-state index contributed by atoms with van der Waals surface area (Å²) in [7, 11) is 0. The fourth-order valence-electron chi connectivity index (χ4n) is 4.40. The molecule has 0 N–H and O–H groups in total. The van der Waals surface area contributed by atoms with Crippen LogP contribution in [-0.4, -0.2) is 64.9 Å². The molecule has 0 saturated carbocycles. The molecule has 156 valence electrons. The highest BCUT2D eigenvalue weighted by atomic mass is 16.5. The number of piperidine rings is 1. The van der Waals surface area contributed by atoms with Gasteiger partial charge in [0.1, 0.15) is 5.69 Å². The third-order valence-electron chi connectivity index (χ3n) is 6.19. The number of aryl methyl sites for hydroxylation is 1. The van der Waals surface area contributed by atoms with Crippen molar-refractivity contribution in [3.63, 3.8) is 0 Å². The highest BCUT2D eigenvalue weighted by Crippen LogP contribution is 2.23. The molecule has 3 heterocycles. The minimum Gasteiger partial charge on any atom is -0.379 e. The first-order chi connectivity index (χ1) is 14.2. The molecule has 2 aliphatic rings. The van der Waals surface area contributed by atoms with Gasteiger partial charge in [-0.2, -0.15) is 5.10 Å². The molecule has 1 aromatic heterocycles. The smallest absolute Gasteiger partial charge is 0.272 e. The highest BCUT2D eigenvalue weighted by Gasteiger charge is 2.25. The molecule has 0 bridgehead atoms. The Morgan fingerprint density at radius 3 is 2.41 bits per heavy atom. The van der Waals surface area contributed by atoms with Gasteiger partial charge in [-0.05, 0) is 49.3 Å². The molecular formula is C23H32N4O2. The van der Waals surface area contributed by atoms with E-state index in [0.29, 0.717) is 11.6 Å². The van der Waals surface area contributed by atoms with Crippen LogP contribution in [0.1, 0.15) is 41.4 Å². The largest absolute Gasteiger partial charge is 0.379 e. The van der Waals surface area contributed by atoms with Gasteiger partial charge in [0.25, 0.3) is 5.91 Å². The fourth-order valence-corrected chi connectivity index (χ4v) is 4.40. The molecule has 0 atom stereocenters. The van der Waals surface area contributed by atoms with Crippen LogP contribution < -0.4 is 0 Å². The van der Waals surface area contributed by atoms with Crippen molar-refractivity contribution in [3.05, 3.63) is 53.3 Å². The van der Waals surface area contributed by atoms with E-state index in [1.807, 2.05) is 17.9 Å². The van der Waals surface area contributed by atoms with E-state index in [9.17, 15) is 4.79 Å². The number of amides is 1. The number of hydrogen-bond acceptors (Lipinski definition) is 4. The SMILES string of the molecule is CCn1nccc1C(=O)N1CCC(Cc2ccc(CN3CCOCC3)cc2)CC1. The van der Waals surface area contributed by atoms with Crippen molar-refractivity contribution in [1.29, 1.82) is 0 Å². The second-order valence-corrected chi connectivity index (χ2v) is 8.18. The summed E-state index contributed by atoms with van der Waals surface area (Å²) >= 11 is 0. The van der Waals surface area contributed by atoms with Crippen LogP contribution in [0.3, 0.4) is 0 Å². The number of aromatic nitrogens is 2. The van der Waals surface area contributed by atoms with Gasteiger partial charge in [-0.15, -0.1) is 0 Å². The molecular weight excluding hydrogens is 364 g/mol. The monoisotopic (exact) mass is 396 g/mol. The van der Waals surface area contributed by atoms with Crippen LogP contribution in [0.5, 0.6) is 0 Å². The van der Waals surface area contributed by atoms with Crippen LogP contribution in [0.2, 0.25) is 0 Å². The number of likely N-dealkylation sites (tertiary alicyclic amines) is 1. The topological polar surface area (TPSA) is 50.6 Å². The molecule has 2 aliphatic heterocycles. The summed E-state index contributed by atoms with van der Waals surface area (Å²) in [5, 5.41) is 4.23. The number of ether oxygens (including phenoxy) is 1. The number of benzene rings is 1. The molecule has 0 spiro atoms. The molecule has 0 unspecified atom stereocenters. The lowest BCUT2D eigenvalue weighted by Gasteiger charge is -2.32. The minimum atomic E-state index is 0.121. The lowest BCUT2D eigenvalue weighted by atomic mass is 9.90. The van der Waals surface area contributed by atoms with E-state index < -0.39 is 0 Å². The fraction of sp³-hybridized carbons (Fsp3) is 0.565. The summed E-state index contributed by atoms with van der Waals surface area (Å²) in [6, 6.07) is 10.9. The van der Waals surface area contributed by atoms with Gasteiger partial charge in [0.15, 0.2) is 0 Å². The predicted octanol–water partition coefficient (Wildman–Crippen LogP) is 2.83. The zero-order chi connectivity index (χ0) is 20.1. The average Bonchev–Trinajstić information content (AvgIpc) is 3.25. The zero-order valence-corrected chi connectivity index (χ0v) is 17.4. The Morgan fingerprint density at radius 1 is 1.03 bits per heavy atom. The molecule has 1 amide bonds. The minimum absolute atomic E-state index is 0.121. The zero-order valence-electron chi connectivity index (χ0n) is 17.4. The van der Waals surface area contributed by atoms with Crippen LogP contribution in [0, 0.1) is 5.92 Å². The molecule has 1 aromatic carbocycles. The lowest BCUT2D eigenvalue weighted by molar-refractivity contribution is 0.0342. The Morgan fingerprint density at radius 2 is 1.72 bits per heavy atom. The summed E-state index contributed by atoms with van der Waals surface area (Å²) in [4.78, 5) is 17.2. The van der Waals surface area contributed by atoms with Crippen molar-refractivity contribution in [2.45, 2.75) is 39.3 Å². The van der Waals surface area contributed by atoms with Gasteiger partial charge in [-0.3, -0.25) is 14.4 Å². The van der Waals surface area contributed by atoms with E-state index in [4.69, 9.17) is 4.74 Å². The van der Waals surface area contributed by atoms with Crippen LogP contribution >= 0.6 is 0 Å². The Hall–Kier alpha value is -2.18. The molecule has 4 rings (SSSR count). The van der Waals surface area contributed by atoms with Crippen molar-refractivity contribution in [2.24, 2.45) is 5.92 Å². The molecule has 29 heavy (non-hydrogen) atoms. The van der Waals surface area contributed by atoms with Gasteiger partial charge >= 0.3 is 0 Å². The number of carbonyl (C=O) groups excluding carboxylic acids is 1. The second-order valence-electron chi connectivity index (χ2n) is 8.18. The van der Waals surface area contributed by atoms with Crippen molar-refractivity contribution in [3.8, 4) is 0 Å². The number of morpholine rings is 1. The Bertz CT molecular complexity index is 787. The van der Waals surface area contributed by atoms with Gasteiger partial charge in [-0.25, -0.2) is 0 Å². The number of nitrogens with zero attached hydrogens (tertiary/aromatic N) is 4. The molecule has 2 fully saturated rings. The maximum atomic E-state index is 12.8. The van der Waals surface area contributed by atoms with E-state index in [-0.39, 0.29) is 5.91 Å². The normalized spacial score (nSPS) is 18.9. The van der Waals surface area contributed by atoms with Crippen molar-refractivity contribution in [2.75, 3.05) is 39.4 Å². The van der Waals surface area contributed by atoms with Crippen molar-refractivity contribution < 1.29 is 9.53 Å². The standard InChI is InChI=1S/C23H32N4O2/c1-2-27-22(7-10-24-27)23(28)26-11-8-20(9-12-26)17-19-3-5-21(6-4-19)18-25-13-15-29-16-14-25/h3-7,10,20H,2,8-9,11-18H2,1H3. The third kappa shape index (κ3) is 5.06. The van der Waals surface area contributed by atoms with Gasteiger partial charge in [0, 0.05) is 45.5 Å². The van der Waals surface area contributed by atoms with Gasteiger partial charge in [0.2, 0.25) is 0 Å². The Labute approximate surface area is 173 Å². The van der Waals surface area contributed by atoms with E-state index in [1.165, 1.54) is 11.1 Å². The molecule has 2 aromatic rings. The average molecular weight is 397 g/mol. The molecule has 6 nitrogen and oxygen atoms in total. The maximum Gasteiger partial charge on any atom is 0.272 e. The van der Waals surface area contributed by atoms with Crippen LogP contribution in [-0.2, 0) is 24.2 Å². The van der Waals surface area contributed by atoms with Crippen molar-refractivity contribution in [1.82, 2.24) is 19.6 Å². The van der Waals surface area contributed by atoms with Crippen LogP contribution in [0.25, 0.3) is 0 Å². The summed E-state index contributed by atoms with van der Waals surface area (Å²) in [6.07, 6.45) is 4.96. The quantitative estimate of drug-likeness (QED) is 0.753. The Kier molecular flexibility index (Phi) is 6.62.